The molecular weight excluding hydrogens is 257 g/mol. The van der Waals surface area contributed by atoms with Crippen molar-refractivity contribution in [2.75, 3.05) is 13.1 Å². The van der Waals surface area contributed by atoms with Crippen LogP contribution in [0, 0.1) is 0 Å². The summed E-state index contributed by atoms with van der Waals surface area (Å²) in [5.41, 5.74) is 6.28. The number of ether oxygens (including phenoxy) is 1. The number of likely N-dealkylation sites (tertiary alicyclic amines) is 1. The highest BCUT2D eigenvalue weighted by Crippen LogP contribution is 2.32. The largest absolute Gasteiger partial charge is 0.524 e. The second-order valence-electron chi connectivity index (χ2n) is 4.70. The molecule has 0 saturated carbocycles. The van der Waals surface area contributed by atoms with Gasteiger partial charge in [0, 0.05) is 19.1 Å². The van der Waals surface area contributed by atoms with Crippen LogP contribution >= 0.6 is 0 Å². The van der Waals surface area contributed by atoms with Crippen molar-refractivity contribution >= 4 is 0 Å². The van der Waals surface area contributed by atoms with Crippen LogP contribution in [-0.2, 0) is 4.74 Å². The minimum atomic E-state index is -4.65. The van der Waals surface area contributed by atoms with E-state index in [2.05, 4.69) is 4.74 Å². The van der Waals surface area contributed by atoms with Gasteiger partial charge in [0.05, 0.1) is 0 Å². The van der Waals surface area contributed by atoms with Gasteiger partial charge >= 0.3 is 6.36 Å². The molecule has 1 aromatic rings. The number of alkyl halides is 3. The molecule has 0 aliphatic carbocycles. The van der Waals surface area contributed by atoms with E-state index in [0.29, 0.717) is 31.5 Å². The SMILES string of the molecule is NC1CCN(C(OC(F)(F)F)c2ccccc2)CC1. The van der Waals surface area contributed by atoms with Crippen LogP contribution in [0.3, 0.4) is 0 Å². The molecule has 1 unspecified atom stereocenters. The molecule has 0 bridgehead atoms. The van der Waals surface area contributed by atoms with Crippen molar-refractivity contribution < 1.29 is 17.9 Å². The summed E-state index contributed by atoms with van der Waals surface area (Å²) in [6, 6.07) is 8.53. The van der Waals surface area contributed by atoms with E-state index in [1.807, 2.05) is 0 Å². The summed E-state index contributed by atoms with van der Waals surface area (Å²) < 4.78 is 41.9. The summed E-state index contributed by atoms with van der Waals surface area (Å²) in [5, 5.41) is 0. The fourth-order valence-electron chi connectivity index (χ4n) is 2.25. The van der Waals surface area contributed by atoms with Gasteiger partial charge in [-0.05, 0) is 18.4 Å². The number of nitrogens with two attached hydrogens (primary N) is 1. The van der Waals surface area contributed by atoms with Gasteiger partial charge in [-0.2, -0.15) is 0 Å². The molecule has 1 aliphatic heterocycles. The van der Waals surface area contributed by atoms with Gasteiger partial charge in [-0.15, -0.1) is 13.2 Å². The van der Waals surface area contributed by atoms with E-state index in [4.69, 9.17) is 5.73 Å². The van der Waals surface area contributed by atoms with Crippen molar-refractivity contribution in [1.29, 1.82) is 0 Å². The number of halogens is 3. The van der Waals surface area contributed by atoms with Gasteiger partial charge in [0.1, 0.15) is 6.23 Å². The van der Waals surface area contributed by atoms with Crippen molar-refractivity contribution in [3.8, 4) is 0 Å². The summed E-state index contributed by atoms with van der Waals surface area (Å²) in [5.74, 6) is 0. The van der Waals surface area contributed by atoms with E-state index in [-0.39, 0.29) is 6.04 Å². The number of rotatable bonds is 3. The van der Waals surface area contributed by atoms with Gasteiger partial charge in [-0.25, -0.2) is 0 Å². The molecule has 0 aromatic heterocycles. The van der Waals surface area contributed by atoms with Gasteiger partial charge in [0.25, 0.3) is 0 Å². The molecule has 1 fully saturated rings. The van der Waals surface area contributed by atoms with Crippen LogP contribution in [0.25, 0.3) is 0 Å². The lowest BCUT2D eigenvalue weighted by Gasteiger charge is -2.36. The summed E-state index contributed by atoms with van der Waals surface area (Å²) >= 11 is 0. The van der Waals surface area contributed by atoms with Gasteiger partial charge < -0.3 is 5.73 Å². The molecule has 2 N–H and O–H groups in total. The zero-order valence-electron chi connectivity index (χ0n) is 10.4. The molecule has 3 nitrogen and oxygen atoms in total. The lowest BCUT2D eigenvalue weighted by Crippen LogP contribution is -2.43. The summed E-state index contributed by atoms with van der Waals surface area (Å²) in [4.78, 5) is 1.69. The number of benzene rings is 1. The first-order valence-electron chi connectivity index (χ1n) is 6.25. The molecule has 0 spiro atoms. The monoisotopic (exact) mass is 274 g/mol. The molecule has 106 valence electrons. The molecular formula is C13H17F3N2O. The van der Waals surface area contributed by atoms with E-state index in [1.165, 1.54) is 0 Å². The van der Waals surface area contributed by atoms with E-state index in [9.17, 15) is 13.2 Å². The minimum absolute atomic E-state index is 0.0681. The first-order valence-corrected chi connectivity index (χ1v) is 6.25. The van der Waals surface area contributed by atoms with Crippen molar-refractivity contribution in [2.45, 2.75) is 31.5 Å². The fraction of sp³-hybridized carbons (Fsp3) is 0.538. The Morgan fingerprint density at radius 3 is 2.26 bits per heavy atom. The molecule has 1 saturated heterocycles. The normalized spacial score (nSPS) is 20.4. The average Bonchev–Trinajstić information content (AvgIpc) is 2.37. The van der Waals surface area contributed by atoms with E-state index in [1.54, 1.807) is 35.2 Å². The number of piperidine rings is 1. The van der Waals surface area contributed by atoms with E-state index in [0.717, 1.165) is 0 Å². The first kappa shape index (κ1) is 14.3. The second kappa shape index (κ2) is 5.90. The minimum Gasteiger partial charge on any atom is -0.328 e. The highest BCUT2D eigenvalue weighted by molar-refractivity contribution is 5.17. The van der Waals surface area contributed by atoms with Crippen LogP contribution in [0.15, 0.2) is 30.3 Å². The predicted molar refractivity (Wildman–Crippen MR) is 65.1 cm³/mol. The van der Waals surface area contributed by atoms with Crippen LogP contribution in [0.1, 0.15) is 24.6 Å². The highest BCUT2D eigenvalue weighted by atomic mass is 19.4. The maximum absolute atomic E-state index is 12.5. The third-order valence-corrected chi connectivity index (χ3v) is 3.24. The number of nitrogens with zero attached hydrogens (tertiary/aromatic N) is 1. The maximum atomic E-state index is 12.5. The topological polar surface area (TPSA) is 38.5 Å². The summed E-state index contributed by atoms with van der Waals surface area (Å²) in [6.07, 6.45) is -4.37. The summed E-state index contributed by atoms with van der Waals surface area (Å²) in [6.45, 7) is 1.02. The molecule has 1 heterocycles. The zero-order chi connectivity index (χ0) is 13.9. The van der Waals surface area contributed by atoms with Crippen LogP contribution in [0.2, 0.25) is 0 Å². The highest BCUT2D eigenvalue weighted by Gasteiger charge is 2.37. The Hall–Kier alpha value is -1.11. The molecule has 1 aromatic carbocycles. The van der Waals surface area contributed by atoms with Gasteiger partial charge in [-0.1, -0.05) is 30.3 Å². The third kappa shape index (κ3) is 4.19. The smallest absolute Gasteiger partial charge is 0.328 e. The van der Waals surface area contributed by atoms with Gasteiger partial charge in [0.15, 0.2) is 0 Å². The zero-order valence-corrected chi connectivity index (χ0v) is 10.4. The van der Waals surface area contributed by atoms with Crippen molar-refractivity contribution in [3.05, 3.63) is 35.9 Å². The Bertz CT molecular complexity index is 389. The van der Waals surface area contributed by atoms with Crippen molar-refractivity contribution in [2.24, 2.45) is 5.73 Å². The second-order valence-corrected chi connectivity index (χ2v) is 4.70. The van der Waals surface area contributed by atoms with Crippen LogP contribution in [0.4, 0.5) is 13.2 Å². The standard InChI is InChI=1S/C13H17F3N2O/c14-13(15,16)19-12(10-4-2-1-3-5-10)18-8-6-11(17)7-9-18/h1-5,11-12H,6-9,17H2. The fourth-order valence-corrected chi connectivity index (χ4v) is 2.25. The van der Waals surface area contributed by atoms with E-state index >= 15 is 0 Å². The number of hydrogen-bond donors (Lipinski definition) is 1. The average molecular weight is 274 g/mol. The predicted octanol–water partition coefficient (Wildman–Crippen LogP) is 2.64. The Balaban J connectivity index is 2.15. The number of hydrogen-bond acceptors (Lipinski definition) is 3. The molecule has 0 amide bonds. The molecule has 1 atom stereocenters. The van der Waals surface area contributed by atoms with Crippen molar-refractivity contribution in [1.82, 2.24) is 4.90 Å². The Labute approximate surface area is 110 Å². The quantitative estimate of drug-likeness (QED) is 0.921. The first-order chi connectivity index (χ1) is 8.96. The summed E-state index contributed by atoms with van der Waals surface area (Å²) in [7, 11) is 0. The van der Waals surface area contributed by atoms with Crippen LogP contribution < -0.4 is 5.73 Å². The van der Waals surface area contributed by atoms with Crippen LogP contribution in [-0.4, -0.2) is 30.4 Å². The Morgan fingerprint density at radius 1 is 1.16 bits per heavy atom. The Kier molecular flexibility index (Phi) is 4.44. The lowest BCUT2D eigenvalue weighted by molar-refractivity contribution is -0.364. The van der Waals surface area contributed by atoms with Gasteiger partial charge in [-0.3, -0.25) is 9.64 Å². The lowest BCUT2D eigenvalue weighted by atomic mass is 10.0. The van der Waals surface area contributed by atoms with Gasteiger partial charge in [0.2, 0.25) is 0 Å². The third-order valence-electron chi connectivity index (χ3n) is 3.24. The Morgan fingerprint density at radius 2 is 1.74 bits per heavy atom. The molecule has 0 radical (unpaired) electrons. The molecule has 6 heteroatoms. The molecule has 2 rings (SSSR count). The van der Waals surface area contributed by atoms with Crippen molar-refractivity contribution in [3.63, 3.8) is 0 Å². The van der Waals surface area contributed by atoms with E-state index < -0.39 is 12.6 Å². The van der Waals surface area contributed by atoms with Crippen LogP contribution in [0.5, 0.6) is 0 Å². The maximum Gasteiger partial charge on any atom is 0.524 e. The molecule has 1 aliphatic rings. The molecule has 19 heavy (non-hydrogen) atoms.